The molecule has 3 amide bonds. The summed E-state index contributed by atoms with van der Waals surface area (Å²) in [6.07, 6.45) is 2.36. The van der Waals surface area contributed by atoms with Crippen LogP contribution in [-0.2, 0) is 25.7 Å². The van der Waals surface area contributed by atoms with Gasteiger partial charge in [0.05, 0.1) is 6.61 Å². The first-order valence-electron chi connectivity index (χ1n) is 11.4. The van der Waals surface area contributed by atoms with Crippen LogP contribution in [0, 0.1) is 5.92 Å². The Balaban J connectivity index is 1.59. The van der Waals surface area contributed by atoms with E-state index in [4.69, 9.17) is 4.74 Å². The number of piperidine rings is 1. The van der Waals surface area contributed by atoms with E-state index < -0.39 is 11.6 Å². The lowest BCUT2D eigenvalue weighted by molar-refractivity contribution is -0.163. The van der Waals surface area contributed by atoms with Gasteiger partial charge in [-0.05, 0) is 37.2 Å². The van der Waals surface area contributed by atoms with Gasteiger partial charge in [0.2, 0.25) is 17.7 Å². The summed E-state index contributed by atoms with van der Waals surface area (Å²) in [4.78, 5) is 42.5. The van der Waals surface area contributed by atoms with Crippen LogP contribution in [0.25, 0.3) is 0 Å². The average Bonchev–Trinajstić information content (AvgIpc) is 2.76. The second kappa shape index (κ2) is 10.3. The first-order valence-corrected chi connectivity index (χ1v) is 11.4. The summed E-state index contributed by atoms with van der Waals surface area (Å²) in [5.41, 5.74) is 0.179. The molecule has 0 saturated carbocycles. The molecule has 1 N–H and O–H groups in total. The zero-order valence-electron chi connectivity index (χ0n) is 18.9. The minimum Gasteiger partial charge on any atom is -0.367 e. The van der Waals surface area contributed by atoms with Crippen molar-refractivity contribution in [2.24, 2.45) is 5.92 Å². The quantitative estimate of drug-likeness (QED) is 0.688. The highest BCUT2D eigenvalue weighted by atomic mass is 16.5. The molecule has 31 heavy (non-hydrogen) atoms. The number of ether oxygens (including phenoxy) is 1. The van der Waals surface area contributed by atoms with Crippen molar-refractivity contribution in [2.75, 3.05) is 26.2 Å². The van der Waals surface area contributed by atoms with Crippen LogP contribution < -0.4 is 5.32 Å². The van der Waals surface area contributed by atoms with E-state index >= 15 is 0 Å². The minimum atomic E-state index is -0.845. The van der Waals surface area contributed by atoms with Gasteiger partial charge in [0.15, 0.2) is 0 Å². The van der Waals surface area contributed by atoms with Gasteiger partial charge in [0.25, 0.3) is 0 Å². The number of hydrogen-bond donors (Lipinski definition) is 1. The van der Waals surface area contributed by atoms with Gasteiger partial charge in [-0.2, -0.15) is 0 Å². The Morgan fingerprint density at radius 1 is 1.19 bits per heavy atom. The Bertz CT molecular complexity index is 772. The molecule has 0 aromatic heterocycles. The highest BCUT2D eigenvalue weighted by Crippen LogP contribution is 2.34. The molecule has 2 aliphatic rings. The maximum atomic E-state index is 13.2. The molecule has 1 aromatic carbocycles. The van der Waals surface area contributed by atoms with Gasteiger partial charge in [0, 0.05) is 19.6 Å². The van der Waals surface area contributed by atoms with Crippen molar-refractivity contribution in [3.63, 3.8) is 0 Å². The molecule has 2 fully saturated rings. The van der Waals surface area contributed by atoms with Gasteiger partial charge in [0.1, 0.15) is 18.2 Å². The van der Waals surface area contributed by atoms with Crippen molar-refractivity contribution >= 4 is 17.7 Å². The van der Waals surface area contributed by atoms with Crippen LogP contribution in [0.1, 0.15) is 52.0 Å². The van der Waals surface area contributed by atoms with E-state index in [1.54, 1.807) is 9.80 Å². The topological polar surface area (TPSA) is 79.0 Å². The standard InChI is InChI=1S/C24H35N3O4/c1-4-12-27-22(29)20(15-18(2)3)25-23(30)24(27)10-13-26(14-11-24)21(28)17-31-16-19-8-6-5-7-9-19/h5-9,18,20H,4,10-17H2,1-3H3,(H,25,30). The van der Waals surface area contributed by atoms with E-state index in [1.807, 2.05) is 37.3 Å². The summed E-state index contributed by atoms with van der Waals surface area (Å²) in [7, 11) is 0. The van der Waals surface area contributed by atoms with Gasteiger partial charge < -0.3 is 19.9 Å². The summed E-state index contributed by atoms with van der Waals surface area (Å²) in [6.45, 7) is 8.00. The predicted molar refractivity (Wildman–Crippen MR) is 118 cm³/mol. The Morgan fingerprint density at radius 2 is 1.87 bits per heavy atom. The van der Waals surface area contributed by atoms with E-state index in [1.165, 1.54) is 0 Å². The summed E-state index contributed by atoms with van der Waals surface area (Å²) >= 11 is 0. The SMILES string of the molecule is CCCN1C(=O)C(CC(C)C)NC(=O)C12CCN(C(=O)COCc1ccccc1)CC2. The maximum absolute atomic E-state index is 13.2. The van der Waals surface area contributed by atoms with Gasteiger partial charge in [-0.25, -0.2) is 0 Å². The molecule has 7 nitrogen and oxygen atoms in total. The fraction of sp³-hybridized carbons (Fsp3) is 0.625. The van der Waals surface area contributed by atoms with Crippen LogP contribution in [0.4, 0.5) is 0 Å². The Hall–Kier alpha value is -2.41. The first-order chi connectivity index (χ1) is 14.9. The molecule has 7 heteroatoms. The molecular formula is C24H35N3O4. The molecule has 2 saturated heterocycles. The number of rotatable bonds is 8. The summed E-state index contributed by atoms with van der Waals surface area (Å²) in [6, 6.07) is 9.29. The molecule has 1 unspecified atom stereocenters. The van der Waals surface area contributed by atoms with Crippen LogP contribution in [-0.4, -0.2) is 65.3 Å². The Labute approximate surface area is 185 Å². The number of amides is 3. The largest absolute Gasteiger partial charge is 0.367 e. The molecule has 1 aromatic rings. The lowest BCUT2D eigenvalue weighted by atomic mass is 9.81. The molecule has 3 rings (SSSR count). The number of likely N-dealkylation sites (tertiary alicyclic amines) is 1. The third-order valence-corrected chi connectivity index (χ3v) is 6.24. The molecule has 170 valence electrons. The van der Waals surface area contributed by atoms with Gasteiger partial charge in [-0.15, -0.1) is 0 Å². The van der Waals surface area contributed by atoms with Crippen molar-refractivity contribution in [1.29, 1.82) is 0 Å². The number of nitrogens with one attached hydrogen (secondary N) is 1. The zero-order valence-corrected chi connectivity index (χ0v) is 18.9. The number of nitrogens with zero attached hydrogens (tertiary/aromatic N) is 2. The van der Waals surface area contributed by atoms with E-state index in [0.29, 0.717) is 51.4 Å². The smallest absolute Gasteiger partial charge is 0.248 e. The van der Waals surface area contributed by atoms with E-state index in [2.05, 4.69) is 19.2 Å². The first kappa shape index (κ1) is 23.3. The predicted octanol–water partition coefficient (Wildman–Crippen LogP) is 2.35. The lowest BCUT2D eigenvalue weighted by Gasteiger charge is -2.51. The van der Waals surface area contributed by atoms with Gasteiger partial charge in [-0.3, -0.25) is 14.4 Å². The minimum absolute atomic E-state index is 0.0149. The fourth-order valence-corrected chi connectivity index (χ4v) is 4.60. The summed E-state index contributed by atoms with van der Waals surface area (Å²) < 4.78 is 5.59. The van der Waals surface area contributed by atoms with Crippen LogP contribution >= 0.6 is 0 Å². The highest BCUT2D eigenvalue weighted by molar-refractivity contribution is 6.00. The molecule has 1 spiro atoms. The summed E-state index contributed by atoms with van der Waals surface area (Å²) in [5.74, 6) is 0.190. The zero-order chi connectivity index (χ0) is 22.4. The van der Waals surface area contributed by atoms with Crippen molar-refractivity contribution < 1.29 is 19.1 Å². The van der Waals surface area contributed by atoms with Crippen molar-refractivity contribution in [1.82, 2.24) is 15.1 Å². The molecule has 0 bridgehead atoms. The number of piperazine rings is 1. The lowest BCUT2D eigenvalue weighted by Crippen LogP contribution is -2.73. The van der Waals surface area contributed by atoms with Crippen molar-refractivity contribution in [2.45, 2.75) is 64.6 Å². The molecule has 0 radical (unpaired) electrons. The van der Waals surface area contributed by atoms with Crippen LogP contribution in [0.2, 0.25) is 0 Å². The second-order valence-electron chi connectivity index (χ2n) is 9.04. The Morgan fingerprint density at radius 3 is 2.48 bits per heavy atom. The van der Waals surface area contributed by atoms with Gasteiger partial charge in [-0.1, -0.05) is 51.1 Å². The van der Waals surface area contributed by atoms with Crippen LogP contribution in [0.15, 0.2) is 30.3 Å². The number of hydrogen-bond acceptors (Lipinski definition) is 4. The normalized spacial score (nSPS) is 21.0. The third-order valence-electron chi connectivity index (χ3n) is 6.24. The molecule has 1 atom stereocenters. The monoisotopic (exact) mass is 429 g/mol. The van der Waals surface area contributed by atoms with Crippen molar-refractivity contribution in [3.05, 3.63) is 35.9 Å². The summed E-state index contributed by atoms with van der Waals surface area (Å²) in [5, 5.41) is 2.98. The van der Waals surface area contributed by atoms with E-state index in [-0.39, 0.29) is 24.3 Å². The number of benzene rings is 1. The molecular weight excluding hydrogens is 394 g/mol. The molecule has 2 heterocycles. The van der Waals surface area contributed by atoms with Crippen molar-refractivity contribution in [3.8, 4) is 0 Å². The van der Waals surface area contributed by atoms with Crippen LogP contribution in [0.3, 0.4) is 0 Å². The highest BCUT2D eigenvalue weighted by Gasteiger charge is 2.53. The number of carbonyl (C=O) groups is 3. The van der Waals surface area contributed by atoms with Gasteiger partial charge >= 0.3 is 0 Å². The fourth-order valence-electron chi connectivity index (χ4n) is 4.60. The Kier molecular flexibility index (Phi) is 7.70. The maximum Gasteiger partial charge on any atom is 0.248 e. The second-order valence-corrected chi connectivity index (χ2v) is 9.04. The molecule has 0 aliphatic carbocycles. The average molecular weight is 430 g/mol. The van der Waals surface area contributed by atoms with E-state index in [9.17, 15) is 14.4 Å². The van der Waals surface area contributed by atoms with E-state index in [0.717, 1.165) is 12.0 Å². The number of carbonyl (C=O) groups excluding carboxylic acids is 3. The van der Waals surface area contributed by atoms with Crippen LogP contribution in [0.5, 0.6) is 0 Å². The third kappa shape index (κ3) is 5.26. The molecule has 2 aliphatic heterocycles.